The molecule has 28 heavy (non-hydrogen) atoms. The van der Waals surface area contributed by atoms with Crippen LogP contribution in [0.2, 0.25) is 0 Å². The van der Waals surface area contributed by atoms with Gasteiger partial charge >= 0.3 is 0 Å². The van der Waals surface area contributed by atoms with Gasteiger partial charge in [0.15, 0.2) is 0 Å². The highest BCUT2D eigenvalue weighted by atomic mass is 32.2. The Morgan fingerprint density at radius 3 is 2.46 bits per heavy atom. The molecule has 1 aliphatic rings. The fourth-order valence-electron chi connectivity index (χ4n) is 3.34. The van der Waals surface area contributed by atoms with Gasteiger partial charge in [-0.1, -0.05) is 48.5 Å². The number of fused-ring (bicyclic) bond motifs is 1. The Morgan fingerprint density at radius 1 is 1.00 bits per heavy atom. The Hall–Kier alpha value is -3.12. The second-order valence-corrected chi connectivity index (χ2v) is 7.77. The van der Waals surface area contributed by atoms with E-state index in [2.05, 4.69) is 5.32 Å². The van der Waals surface area contributed by atoms with Crippen molar-refractivity contribution in [3.8, 4) is 0 Å². The normalized spacial score (nSPS) is 16.6. The molecule has 5 nitrogen and oxygen atoms in total. The Kier molecular flexibility index (Phi) is 4.88. The first-order chi connectivity index (χ1) is 13.5. The van der Waals surface area contributed by atoms with Crippen LogP contribution in [0, 0.1) is 0 Å². The molecule has 1 heterocycles. The van der Waals surface area contributed by atoms with Crippen LogP contribution in [0.25, 0.3) is 10.8 Å². The minimum atomic E-state index is -0.536. The van der Waals surface area contributed by atoms with Crippen LogP contribution >= 0.6 is 11.8 Å². The summed E-state index contributed by atoms with van der Waals surface area (Å²) >= 11 is 1.33. The first-order valence-electron chi connectivity index (χ1n) is 8.92. The molecule has 4 rings (SSSR count). The van der Waals surface area contributed by atoms with Crippen LogP contribution in [-0.4, -0.2) is 23.0 Å². The van der Waals surface area contributed by atoms with E-state index in [1.165, 1.54) is 23.6 Å². The third kappa shape index (κ3) is 3.39. The second kappa shape index (κ2) is 7.48. The molecule has 0 saturated carbocycles. The largest absolute Gasteiger partial charge is 0.325 e. The smallest absolute Gasteiger partial charge is 0.247 e. The number of benzene rings is 3. The number of carbonyl (C=O) groups excluding carboxylic acids is 3. The number of hydrogen-bond donors (Lipinski definition) is 1. The van der Waals surface area contributed by atoms with Crippen molar-refractivity contribution in [2.24, 2.45) is 0 Å². The molecule has 0 bridgehead atoms. The maximum absolute atomic E-state index is 13.0. The van der Waals surface area contributed by atoms with Gasteiger partial charge in [-0.2, -0.15) is 0 Å². The minimum absolute atomic E-state index is 0.126. The molecule has 0 aliphatic carbocycles. The molecule has 3 aromatic carbocycles. The molecule has 0 aromatic heterocycles. The van der Waals surface area contributed by atoms with Gasteiger partial charge in [0.1, 0.15) is 0 Å². The average molecular weight is 390 g/mol. The van der Waals surface area contributed by atoms with E-state index in [9.17, 15) is 14.4 Å². The Balaban J connectivity index is 1.71. The highest BCUT2D eigenvalue weighted by Gasteiger charge is 2.40. The van der Waals surface area contributed by atoms with E-state index in [1.807, 2.05) is 42.5 Å². The number of rotatable bonds is 4. The number of amides is 3. The van der Waals surface area contributed by atoms with Gasteiger partial charge in [0, 0.05) is 18.2 Å². The van der Waals surface area contributed by atoms with E-state index >= 15 is 0 Å². The lowest BCUT2D eigenvalue weighted by atomic mass is 10.1. The predicted molar refractivity (Wildman–Crippen MR) is 111 cm³/mol. The molecule has 140 valence electrons. The SMILES string of the molecule is CC(=O)Nc1ccc2ccccc2c1S[C@H]1CC(=O)N(c2ccccc2)C1=O. The second-order valence-electron chi connectivity index (χ2n) is 6.56. The lowest BCUT2D eigenvalue weighted by Crippen LogP contribution is -2.31. The van der Waals surface area contributed by atoms with Crippen molar-refractivity contribution in [1.82, 2.24) is 0 Å². The molecule has 3 amide bonds. The maximum atomic E-state index is 13.0. The van der Waals surface area contributed by atoms with Crippen molar-refractivity contribution in [3.63, 3.8) is 0 Å². The maximum Gasteiger partial charge on any atom is 0.247 e. The monoisotopic (exact) mass is 390 g/mol. The summed E-state index contributed by atoms with van der Waals surface area (Å²) in [5.74, 6) is -0.630. The molecule has 1 aliphatic heterocycles. The summed E-state index contributed by atoms with van der Waals surface area (Å²) < 4.78 is 0. The van der Waals surface area contributed by atoms with Crippen LogP contribution in [-0.2, 0) is 14.4 Å². The van der Waals surface area contributed by atoms with Crippen molar-refractivity contribution in [2.75, 3.05) is 10.2 Å². The Morgan fingerprint density at radius 2 is 1.71 bits per heavy atom. The van der Waals surface area contributed by atoms with Gasteiger partial charge in [-0.25, -0.2) is 4.90 Å². The van der Waals surface area contributed by atoms with Crippen molar-refractivity contribution >= 4 is 51.6 Å². The average Bonchev–Trinajstić information content (AvgIpc) is 2.97. The van der Waals surface area contributed by atoms with Gasteiger partial charge in [0.25, 0.3) is 0 Å². The van der Waals surface area contributed by atoms with Gasteiger partial charge in [0.05, 0.1) is 16.6 Å². The molecule has 3 aromatic rings. The topological polar surface area (TPSA) is 66.5 Å². The van der Waals surface area contributed by atoms with E-state index in [0.29, 0.717) is 11.4 Å². The number of nitrogens with one attached hydrogen (secondary N) is 1. The van der Waals surface area contributed by atoms with Crippen molar-refractivity contribution < 1.29 is 14.4 Å². The van der Waals surface area contributed by atoms with Crippen LogP contribution in [0.1, 0.15) is 13.3 Å². The molecule has 0 spiro atoms. The standard InChI is InChI=1S/C22H18N2O3S/c1-14(25)23-18-12-11-15-7-5-6-10-17(15)21(18)28-19-13-20(26)24(22(19)27)16-8-3-2-4-9-16/h2-12,19H,13H2,1H3,(H,23,25)/t19-/m0/s1. The Labute approximate surface area is 166 Å². The number of thioether (sulfide) groups is 1. The summed E-state index contributed by atoms with van der Waals surface area (Å²) in [6.45, 7) is 1.45. The zero-order valence-corrected chi connectivity index (χ0v) is 16.0. The quantitative estimate of drug-likeness (QED) is 0.677. The van der Waals surface area contributed by atoms with E-state index in [1.54, 1.807) is 24.3 Å². The van der Waals surface area contributed by atoms with Crippen LogP contribution < -0.4 is 10.2 Å². The van der Waals surface area contributed by atoms with Gasteiger partial charge in [-0.05, 0) is 29.0 Å². The van der Waals surface area contributed by atoms with Gasteiger partial charge in [0.2, 0.25) is 17.7 Å². The molecular formula is C22H18N2O3S. The van der Waals surface area contributed by atoms with E-state index in [0.717, 1.165) is 15.7 Å². The van der Waals surface area contributed by atoms with E-state index in [-0.39, 0.29) is 24.1 Å². The molecule has 1 N–H and O–H groups in total. The molecule has 0 radical (unpaired) electrons. The number of imide groups is 1. The number of carbonyl (C=O) groups is 3. The van der Waals surface area contributed by atoms with Crippen molar-refractivity contribution in [2.45, 2.75) is 23.5 Å². The number of anilines is 2. The van der Waals surface area contributed by atoms with Crippen molar-refractivity contribution in [3.05, 3.63) is 66.7 Å². The summed E-state index contributed by atoms with van der Waals surface area (Å²) in [4.78, 5) is 39.2. The fourth-order valence-corrected chi connectivity index (χ4v) is 4.62. The molecule has 1 saturated heterocycles. The van der Waals surface area contributed by atoms with Gasteiger partial charge in [-0.15, -0.1) is 11.8 Å². The molecule has 1 atom stereocenters. The molecule has 0 unspecified atom stereocenters. The minimum Gasteiger partial charge on any atom is -0.325 e. The third-order valence-electron chi connectivity index (χ3n) is 4.57. The summed E-state index contributed by atoms with van der Waals surface area (Å²) in [5.41, 5.74) is 1.23. The lowest BCUT2D eigenvalue weighted by Gasteiger charge is -2.17. The molecular weight excluding hydrogens is 372 g/mol. The van der Waals surface area contributed by atoms with E-state index < -0.39 is 5.25 Å². The first-order valence-corrected chi connectivity index (χ1v) is 9.80. The van der Waals surface area contributed by atoms with Crippen molar-refractivity contribution in [1.29, 1.82) is 0 Å². The Bertz CT molecular complexity index is 1080. The third-order valence-corrected chi connectivity index (χ3v) is 5.90. The number of nitrogens with zero attached hydrogens (tertiary/aromatic N) is 1. The lowest BCUT2D eigenvalue weighted by molar-refractivity contribution is -0.121. The van der Waals surface area contributed by atoms with Crippen LogP contribution in [0.4, 0.5) is 11.4 Å². The zero-order chi connectivity index (χ0) is 19.7. The van der Waals surface area contributed by atoms with Gasteiger partial charge < -0.3 is 5.32 Å². The van der Waals surface area contributed by atoms with E-state index in [4.69, 9.17) is 0 Å². The fraction of sp³-hybridized carbons (Fsp3) is 0.136. The summed E-state index contributed by atoms with van der Waals surface area (Å²) in [5, 5.41) is 4.25. The van der Waals surface area contributed by atoms with Crippen LogP contribution in [0.5, 0.6) is 0 Å². The number of para-hydroxylation sites is 1. The van der Waals surface area contributed by atoms with Crippen LogP contribution in [0.15, 0.2) is 71.6 Å². The van der Waals surface area contributed by atoms with Crippen LogP contribution in [0.3, 0.4) is 0 Å². The van der Waals surface area contributed by atoms with Gasteiger partial charge in [-0.3, -0.25) is 14.4 Å². The number of hydrogen-bond acceptors (Lipinski definition) is 4. The summed E-state index contributed by atoms with van der Waals surface area (Å²) in [7, 11) is 0. The highest BCUT2D eigenvalue weighted by Crippen LogP contribution is 2.41. The zero-order valence-electron chi connectivity index (χ0n) is 15.2. The summed E-state index contributed by atoms with van der Waals surface area (Å²) in [6, 6.07) is 20.5. The first kappa shape index (κ1) is 18.3. The molecule has 6 heteroatoms. The molecule has 1 fully saturated rings. The summed E-state index contributed by atoms with van der Waals surface area (Å²) in [6.07, 6.45) is 0.126. The predicted octanol–water partition coefficient (Wildman–Crippen LogP) is 4.22. The highest BCUT2D eigenvalue weighted by molar-refractivity contribution is 8.01.